The zero-order chi connectivity index (χ0) is 25.1. The fourth-order valence-electron chi connectivity index (χ4n) is 4.23. The molecule has 0 bridgehead atoms. The van der Waals surface area contributed by atoms with E-state index in [-0.39, 0.29) is 48.7 Å². The van der Waals surface area contributed by atoms with E-state index in [1.807, 2.05) is 54.6 Å². The Morgan fingerprint density at radius 3 is 2.47 bits per heavy atom. The Bertz CT molecular complexity index is 1410. The van der Waals surface area contributed by atoms with Crippen LogP contribution in [0, 0.1) is 10.1 Å². The summed E-state index contributed by atoms with van der Waals surface area (Å²) in [6.45, 7) is 0.975. The molecule has 10 nitrogen and oxygen atoms in total. The standard InChI is InChI=1S/C25H24N4O6S/c30-29(31)23-16-19(36(32,33)28-12-14-34-15-13-28)10-11-21(23)26-27-22-17-25(18-6-2-1-3-7-18)35-24-9-5-4-8-20(22)24/h1-11,16,25-26H,12-15,17H2/b27-22-. The number of fused-ring (bicyclic) bond motifs is 1. The number of hydrogen-bond donors (Lipinski definition) is 1. The number of nitrogens with one attached hydrogen (secondary N) is 1. The van der Waals surface area contributed by atoms with Crippen molar-refractivity contribution in [2.75, 3.05) is 31.7 Å². The quantitative estimate of drug-likeness (QED) is 0.395. The number of ether oxygens (including phenoxy) is 2. The molecule has 1 unspecified atom stereocenters. The van der Waals surface area contributed by atoms with Crippen LogP contribution < -0.4 is 10.2 Å². The van der Waals surface area contributed by atoms with Gasteiger partial charge < -0.3 is 9.47 Å². The molecule has 0 aliphatic carbocycles. The molecule has 2 aliphatic rings. The number of rotatable bonds is 6. The van der Waals surface area contributed by atoms with E-state index in [2.05, 4.69) is 10.5 Å². The molecule has 3 aromatic carbocycles. The van der Waals surface area contributed by atoms with Gasteiger partial charge in [-0.2, -0.15) is 9.41 Å². The van der Waals surface area contributed by atoms with Crippen LogP contribution in [0.25, 0.3) is 0 Å². The van der Waals surface area contributed by atoms with Gasteiger partial charge in [0.15, 0.2) is 0 Å². The number of hydrogen-bond acceptors (Lipinski definition) is 8. The average Bonchev–Trinajstić information content (AvgIpc) is 2.92. The summed E-state index contributed by atoms with van der Waals surface area (Å²) in [5.74, 6) is 0.666. The lowest BCUT2D eigenvalue weighted by Crippen LogP contribution is -2.40. The van der Waals surface area contributed by atoms with Crippen LogP contribution in [0.1, 0.15) is 23.7 Å². The first-order valence-corrected chi connectivity index (χ1v) is 12.9. The van der Waals surface area contributed by atoms with E-state index in [9.17, 15) is 18.5 Å². The topological polar surface area (TPSA) is 123 Å². The van der Waals surface area contributed by atoms with Gasteiger partial charge in [-0.3, -0.25) is 15.5 Å². The highest BCUT2D eigenvalue weighted by atomic mass is 32.2. The minimum atomic E-state index is -3.88. The smallest absolute Gasteiger partial charge is 0.295 e. The maximum atomic E-state index is 13.0. The van der Waals surface area contributed by atoms with Crippen molar-refractivity contribution in [1.82, 2.24) is 4.31 Å². The Morgan fingerprint density at radius 2 is 1.72 bits per heavy atom. The molecule has 36 heavy (non-hydrogen) atoms. The van der Waals surface area contributed by atoms with E-state index in [0.29, 0.717) is 17.9 Å². The van der Waals surface area contributed by atoms with Crippen LogP contribution >= 0.6 is 0 Å². The third kappa shape index (κ3) is 4.81. The molecule has 0 spiro atoms. The van der Waals surface area contributed by atoms with Crippen molar-refractivity contribution < 1.29 is 22.8 Å². The van der Waals surface area contributed by atoms with Crippen LogP contribution in [0.5, 0.6) is 5.75 Å². The molecule has 0 radical (unpaired) electrons. The Kier molecular flexibility index (Phi) is 6.68. The van der Waals surface area contributed by atoms with Gasteiger partial charge in [0.2, 0.25) is 10.0 Å². The first kappa shape index (κ1) is 23.9. The van der Waals surface area contributed by atoms with Gasteiger partial charge >= 0.3 is 0 Å². The lowest BCUT2D eigenvalue weighted by molar-refractivity contribution is -0.384. The van der Waals surface area contributed by atoms with Gasteiger partial charge in [-0.15, -0.1) is 0 Å². The number of hydrazone groups is 1. The van der Waals surface area contributed by atoms with Gasteiger partial charge in [-0.05, 0) is 29.8 Å². The molecule has 0 saturated carbocycles. The third-order valence-electron chi connectivity index (χ3n) is 6.10. The van der Waals surface area contributed by atoms with Crippen molar-refractivity contribution in [3.05, 3.63) is 94.0 Å². The lowest BCUT2D eigenvalue weighted by atomic mass is 9.96. The van der Waals surface area contributed by atoms with Crippen molar-refractivity contribution in [3.8, 4) is 5.75 Å². The second kappa shape index (κ2) is 10.1. The van der Waals surface area contributed by atoms with E-state index in [1.165, 1.54) is 16.4 Å². The summed E-state index contributed by atoms with van der Waals surface area (Å²) in [6.07, 6.45) is 0.184. The zero-order valence-corrected chi connectivity index (χ0v) is 20.1. The van der Waals surface area contributed by atoms with Gasteiger partial charge in [-0.25, -0.2) is 8.42 Å². The summed E-state index contributed by atoms with van der Waals surface area (Å²) in [7, 11) is -3.88. The van der Waals surface area contributed by atoms with Crippen LogP contribution in [0.4, 0.5) is 11.4 Å². The van der Waals surface area contributed by atoms with Crippen LogP contribution in [-0.2, 0) is 14.8 Å². The molecule has 1 saturated heterocycles. The summed E-state index contributed by atoms with van der Waals surface area (Å²) in [6, 6.07) is 21.0. The average molecular weight is 509 g/mol. The largest absolute Gasteiger partial charge is 0.485 e. The number of benzene rings is 3. The Labute approximate surface area is 208 Å². The fourth-order valence-corrected chi connectivity index (χ4v) is 5.66. The van der Waals surface area contributed by atoms with Crippen molar-refractivity contribution >= 4 is 27.1 Å². The van der Waals surface area contributed by atoms with Gasteiger partial charge in [0.25, 0.3) is 5.69 Å². The summed E-state index contributed by atoms with van der Waals surface area (Å²) in [5, 5.41) is 16.3. The number of morpholine rings is 1. The van der Waals surface area contributed by atoms with Crippen LogP contribution in [0.3, 0.4) is 0 Å². The van der Waals surface area contributed by atoms with E-state index in [0.717, 1.165) is 17.2 Å². The maximum absolute atomic E-state index is 13.0. The molecule has 1 atom stereocenters. The predicted molar refractivity (Wildman–Crippen MR) is 134 cm³/mol. The van der Waals surface area contributed by atoms with Crippen LogP contribution in [0.15, 0.2) is 82.8 Å². The Morgan fingerprint density at radius 1 is 1.00 bits per heavy atom. The van der Waals surface area contributed by atoms with Gasteiger partial charge in [-0.1, -0.05) is 42.5 Å². The van der Waals surface area contributed by atoms with Gasteiger partial charge in [0, 0.05) is 31.1 Å². The summed E-state index contributed by atoms with van der Waals surface area (Å²) in [5.41, 5.74) is 4.95. The molecular weight excluding hydrogens is 484 g/mol. The first-order chi connectivity index (χ1) is 17.4. The van der Waals surface area contributed by atoms with Crippen molar-refractivity contribution in [1.29, 1.82) is 0 Å². The minimum Gasteiger partial charge on any atom is -0.485 e. The molecule has 3 aromatic rings. The maximum Gasteiger partial charge on any atom is 0.295 e. The fraction of sp³-hybridized carbons (Fsp3) is 0.240. The van der Waals surface area contributed by atoms with Crippen LogP contribution in [0.2, 0.25) is 0 Å². The van der Waals surface area contributed by atoms with Crippen molar-refractivity contribution in [3.63, 3.8) is 0 Å². The van der Waals surface area contributed by atoms with Crippen molar-refractivity contribution in [2.45, 2.75) is 17.4 Å². The third-order valence-corrected chi connectivity index (χ3v) is 8.00. The number of nitrogens with zero attached hydrogens (tertiary/aromatic N) is 3. The SMILES string of the molecule is O=[N+]([O-])c1cc(S(=O)(=O)N2CCOCC2)ccc1N/N=C1/CC(c2ccccc2)Oc2ccccc21. The monoisotopic (exact) mass is 508 g/mol. The molecule has 186 valence electrons. The highest BCUT2D eigenvalue weighted by Crippen LogP contribution is 2.36. The van der Waals surface area contributed by atoms with E-state index in [1.54, 1.807) is 0 Å². The summed E-state index contributed by atoms with van der Waals surface area (Å²) < 4.78 is 38.6. The molecule has 2 aliphatic heterocycles. The normalized spacial score (nSPS) is 19.3. The number of nitro benzene ring substituents is 1. The second-order valence-corrected chi connectivity index (χ2v) is 10.3. The van der Waals surface area contributed by atoms with Gasteiger partial charge in [0.05, 0.1) is 28.7 Å². The summed E-state index contributed by atoms with van der Waals surface area (Å²) >= 11 is 0. The molecular formula is C25H24N4O6S. The van der Waals surface area contributed by atoms with E-state index >= 15 is 0 Å². The number of para-hydroxylation sites is 1. The summed E-state index contributed by atoms with van der Waals surface area (Å²) in [4.78, 5) is 11.1. The van der Waals surface area contributed by atoms with Gasteiger partial charge in [0.1, 0.15) is 17.5 Å². The minimum absolute atomic E-state index is 0.0914. The highest BCUT2D eigenvalue weighted by molar-refractivity contribution is 7.89. The lowest BCUT2D eigenvalue weighted by Gasteiger charge is -2.27. The number of nitro groups is 1. The Hall–Kier alpha value is -3.80. The number of sulfonamides is 1. The molecule has 1 fully saturated rings. The Balaban J connectivity index is 1.45. The highest BCUT2D eigenvalue weighted by Gasteiger charge is 2.30. The van der Waals surface area contributed by atoms with Crippen LogP contribution in [-0.4, -0.2) is 49.7 Å². The predicted octanol–water partition coefficient (Wildman–Crippen LogP) is 3.96. The van der Waals surface area contributed by atoms with E-state index in [4.69, 9.17) is 9.47 Å². The molecule has 0 amide bonds. The molecule has 1 N–H and O–H groups in total. The first-order valence-electron chi connectivity index (χ1n) is 11.4. The zero-order valence-electron chi connectivity index (χ0n) is 19.2. The molecule has 5 rings (SSSR count). The number of anilines is 1. The molecule has 2 heterocycles. The van der Waals surface area contributed by atoms with E-state index < -0.39 is 14.9 Å². The molecule has 0 aromatic heterocycles. The second-order valence-electron chi connectivity index (χ2n) is 8.34. The molecule has 11 heteroatoms. The van der Waals surface area contributed by atoms with Crippen molar-refractivity contribution in [2.24, 2.45) is 5.10 Å².